The van der Waals surface area contributed by atoms with Gasteiger partial charge in [0.1, 0.15) is 0 Å². The normalized spacial score (nSPS) is 14.9. The number of rotatable bonds is 3. The predicted octanol–water partition coefficient (Wildman–Crippen LogP) is 3.41. The summed E-state index contributed by atoms with van der Waals surface area (Å²) in [7, 11) is 0. The molecule has 0 unspecified atom stereocenters. The van der Waals surface area contributed by atoms with Gasteiger partial charge in [0, 0.05) is 35.2 Å². The number of benzene rings is 2. The Bertz CT molecular complexity index is 820. The van der Waals surface area contributed by atoms with Crippen LogP contribution in [0.2, 0.25) is 0 Å². The minimum absolute atomic E-state index is 0.195. The van der Waals surface area contributed by atoms with Crippen molar-refractivity contribution >= 4 is 16.7 Å². The zero-order valence-electron chi connectivity index (χ0n) is 12.4. The number of hydrogen-bond acceptors (Lipinski definition) is 2. The molecule has 0 fully saturated rings. The maximum absolute atomic E-state index is 12.3. The molecule has 0 radical (unpaired) electrons. The lowest BCUT2D eigenvalue weighted by Gasteiger charge is -2.26. The maximum atomic E-state index is 12.3. The molecule has 0 saturated heterocycles. The number of nitrogens with zero attached hydrogens (tertiary/aromatic N) is 1. The SMILES string of the molecule is O=C(CN1CCc2c([nH]c3ccccc23)C1)c1ccccc1. The van der Waals surface area contributed by atoms with Crippen LogP contribution in [-0.4, -0.2) is 28.8 Å². The molecule has 1 N–H and O–H groups in total. The molecule has 0 aliphatic carbocycles. The zero-order chi connectivity index (χ0) is 14.9. The number of carbonyl (C=O) groups excluding carboxylic acids is 1. The number of ketones is 1. The summed E-state index contributed by atoms with van der Waals surface area (Å²) in [5.41, 5.74) is 4.67. The van der Waals surface area contributed by atoms with Crippen LogP contribution in [0.25, 0.3) is 10.9 Å². The van der Waals surface area contributed by atoms with Crippen LogP contribution in [0.4, 0.5) is 0 Å². The van der Waals surface area contributed by atoms with E-state index in [1.54, 1.807) is 0 Å². The highest BCUT2D eigenvalue weighted by Crippen LogP contribution is 2.27. The van der Waals surface area contributed by atoms with Crippen molar-refractivity contribution in [3.8, 4) is 0 Å². The molecule has 0 bridgehead atoms. The quantitative estimate of drug-likeness (QED) is 0.750. The van der Waals surface area contributed by atoms with Crippen LogP contribution < -0.4 is 0 Å². The summed E-state index contributed by atoms with van der Waals surface area (Å²) < 4.78 is 0. The lowest BCUT2D eigenvalue weighted by atomic mass is 10.0. The van der Waals surface area contributed by atoms with Gasteiger partial charge in [-0.25, -0.2) is 0 Å². The van der Waals surface area contributed by atoms with Crippen LogP contribution in [0.3, 0.4) is 0 Å². The van der Waals surface area contributed by atoms with Crippen LogP contribution in [-0.2, 0) is 13.0 Å². The van der Waals surface area contributed by atoms with Crippen molar-refractivity contribution in [1.82, 2.24) is 9.88 Å². The van der Waals surface area contributed by atoms with Crippen molar-refractivity contribution in [2.24, 2.45) is 0 Å². The highest BCUT2D eigenvalue weighted by Gasteiger charge is 2.22. The molecule has 0 spiro atoms. The van der Waals surface area contributed by atoms with Gasteiger partial charge < -0.3 is 4.98 Å². The first-order valence-corrected chi connectivity index (χ1v) is 7.70. The fourth-order valence-corrected chi connectivity index (χ4v) is 3.30. The minimum Gasteiger partial charge on any atom is -0.357 e. The van der Waals surface area contributed by atoms with Gasteiger partial charge >= 0.3 is 0 Å². The van der Waals surface area contributed by atoms with Gasteiger partial charge in [0.15, 0.2) is 5.78 Å². The number of hydrogen-bond donors (Lipinski definition) is 1. The Hall–Kier alpha value is -2.39. The Kier molecular flexibility index (Phi) is 3.28. The van der Waals surface area contributed by atoms with Crippen LogP contribution in [0, 0.1) is 0 Å². The highest BCUT2D eigenvalue weighted by atomic mass is 16.1. The first kappa shape index (κ1) is 13.3. The number of carbonyl (C=O) groups is 1. The van der Waals surface area contributed by atoms with Crippen molar-refractivity contribution < 1.29 is 4.79 Å². The zero-order valence-corrected chi connectivity index (χ0v) is 12.4. The van der Waals surface area contributed by atoms with Gasteiger partial charge in [-0.2, -0.15) is 0 Å². The lowest BCUT2D eigenvalue weighted by molar-refractivity contribution is 0.0921. The smallest absolute Gasteiger partial charge is 0.176 e. The number of fused-ring (bicyclic) bond motifs is 3. The Balaban J connectivity index is 1.54. The molecule has 1 aliphatic rings. The van der Waals surface area contributed by atoms with Crippen LogP contribution in [0.5, 0.6) is 0 Å². The molecule has 3 nitrogen and oxygen atoms in total. The van der Waals surface area contributed by atoms with Gasteiger partial charge in [0.2, 0.25) is 0 Å². The number of aromatic nitrogens is 1. The summed E-state index contributed by atoms with van der Waals surface area (Å²) >= 11 is 0. The van der Waals surface area contributed by atoms with Crippen LogP contribution in [0.15, 0.2) is 54.6 Å². The topological polar surface area (TPSA) is 36.1 Å². The van der Waals surface area contributed by atoms with Crippen molar-refractivity contribution in [2.75, 3.05) is 13.1 Å². The average Bonchev–Trinajstić information content (AvgIpc) is 2.93. The van der Waals surface area contributed by atoms with Gasteiger partial charge in [-0.05, 0) is 18.1 Å². The monoisotopic (exact) mass is 290 g/mol. The third-order valence-corrected chi connectivity index (χ3v) is 4.42. The molecule has 1 aliphatic heterocycles. The molecule has 2 heterocycles. The van der Waals surface area contributed by atoms with Crippen molar-refractivity contribution in [3.05, 3.63) is 71.4 Å². The average molecular weight is 290 g/mol. The van der Waals surface area contributed by atoms with Crippen molar-refractivity contribution in [3.63, 3.8) is 0 Å². The van der Waals surface area contributed by atoms with Gasteiger partial charge in [0.05, 0.1) is 6.54 Å². The van der Waals surface area contributed by atoms with E-state index in [1.807, 2.05) is 30.3 Å². The Morgan fingerprint density at radius 1 is 1.05 bits per heavy atom. The molecule has 4 rings (SSSR count). The first-order valence-electron chi connectivity index (χ1n) is 7.70. The van der Waals surface area contributed by atoms with E-state index in [4.69, 9.17) is 0 Å². The van der Waals surface area contributed by atoms with E-state index in [2.05, 4.69) is 34.1 Å². The summed E-state index contributed by atoms with van der Waals surface area (Å²) in [5.74, 6) is 0.195. The van der Waals surface area contributed by atoms with Crippen molar-refractivity contribution in [1.29, 1.82) is 0 Å². The molecule has 0 saturated carbocycles. The molecule has 1 aromatic heterocycles. The molecule has 0 atom stereocenters. The van der Waals surface area contributed by atoms with E-state index >= 15 is 0 Å². The number of aromatic amines is 1. The van der Waals surface area contributed by atoms with Crippen LogP contribution in [0.1, 0.15) is 21.6 Å². The predicted molar refractivity (Wildman–Crippen MR) is 88.1 cm³/mol. The second-order valence-corrected chi connectivity index (χ2v) is 5.88. The van der Waals surface area contributed by atoms with Crippen molar-refractivity contribution in [2.45, 2.75) is 13.0 Å². The van der Waals surface area contributed by atoms with Gasteiger partial charge in [-0.1, -0.05) is 48.5 Å². The maximum Gasteiger partial charge on any atom is 0.176 e. The van der Waals surface area contributed by atoms with E-state index in [9.17, 15) is 4.79 Å². The molecule has 22 heavy (non-hydrogen) atoms. The second kappa shape index (κ2) is 5.43. The van der Waals surface area contributed by atoms with Gasteiger partial charge in [-0.15, -0.1) is 0 Å². The van der Waals surface area contributed by atoms with Crippen LogP contribution >= 0.6 is 0 Å². The van der Waals surface area contributed by atoms with E-state index in [1.165, 1.54) is 22.2 Å². The summed E-state index contributed by atoms with van der Waals surface area (Å²) in [6, 6.07) is 18.0. The Morgan fingerprint density at radius 3 is 2.68 bits per heavy atom. The molecule has 110 valence electrons. The third-order valence-electron chi connectivity index (χ3n) is 4.42. The molecular weight excluding hydrogens is 272 g/mol. The molecule has 0 amide bonds. The largest absolute Gasteiger partial charge is 0.357 e. The lowest BCUT2D eigenvalue weighted by Crippen LogP contribution is -2.34. The summed E-state index contributed by atoms with van der Waals surface area (Å²) in [6.45, 7) is 2.24. The Morgan fingerprint density at radius 2 is 1.82 bits per heavy atom. The van der Waals surface area contributed by atoms with Gasteiger partial charge in [0.25, 0.3) is 0 Å². The molecule has 3 heteroatoms. The Labute approximate surface area is 129 Å². The second-order valence-electron chi connectivity index (χ2n) is 5.88. The van der Waals surface area contributed by atoms with E-state index in [-0.39, 0.29) is 5.78 Å². The summed E-state index contributed by atoms with van der Waals surface area (Å²) in [4.78, 5) is 18.1. The molecular formula is C19H18N2O. The molecule has 3 aromatic rings. The fourth-order valence-electron chi connectivity index (χ4n) is 3.30. The van der Waals surface area contributed by atoms with E-state index < -0.39 is 0 Å². The fraction of sp³-hybridized carbons (Fsp3) is 0.211. The number of para-hydroxylation sites is 1. The first-order chi connectivity index (χ1) is 10.8. The van der Waals surface area contributed by atoms with E-state index in [0.29, 0.717) is 6.54 Å². The number of Topliss-reactive ketones (excluding diaryl/α,β-unsaturated/α-hetero) is 1. The number of nitrogens with one attached hydrogen (secondary N) is 1. The number of H-pyrrole nitrogens is 1. The minimum atomic E-state index is 0.195. The summed E-state index contributed by atoms with van der Waals surface area (Å²) in [6.07, 6.45) is 1.00. The standard InChI is InChI=1S/C19H18N2O/c22-19(14-6-2-1-3-7-14)13-21-11-10-16-15-8-4-5-9-17(15)20-18(16)12-21/h1-9,20H,10-13H2. The van der Waals surface area contributed by atoms with Gasteiger partial charge in [-0.3, -0.25) is 9.69 Å². The summed E-state index contributed by atoms with van der Waals surface area (Å²) in [5, 5.41) is 1.33. The highest BCUT2D eigenvalue weighted by molar-refractivity contribution is 5.97. The van der Waals surface area contributed by atoms with E-state index in [0.717, 1.165) is 25.1 Å². The third kappa shape index (κ3) is 2.34. The molecule has 2 aromatic carbocycles.